The number of carbonyl (C=O) groups is 2. The Balaban J connectivity index is 1.35. The maximum Gasteiger partial charge on any atom is 0.261 e. The van der Waals surface area contributed by atoms with Crippen LogP contribution in [0.2, 0.25) is 0 Å². The van der Waals surface area contributed by atoms with Crippen LogP contribution >= 0.6 is 0 Å². The molecular weight excluding hydrogens is 500 g/mol. The summed E-state index contributed by atoms with van der Waals surface area (Å²) in [7, 11) is 1.60. The molecule has 0 spiro atoms. The van der Waals surface area contributed by atoms with Crippen LogP contribution in [0.1, 0.15) is 55.2 Å². The molecule has 2 amide bonds. The third-order valence-corrected chi connectivity index (χ3v) is 7.97. The van der Waals surface area contributed by atoms with Gasteiger partial charge in [0.25, 0.3) is 5.54 Å². The van der Waals surface area contributed by atoms with E-state index in [0.29, 0.717) is 61.3 Å². The van der Waals surface area contributed by atoms with E-state index in [1.807, 2.05) is 18.2 Å². The minimum Gasteiger partial charge on any atom is -0.352 e. The van der Waals surface area contributed by atoms with Crippen LogP contribution in [0.3, 0.4) is 0 Å². The van der Waals surface area contributed by atoms with Crippen LogP contribution in [0.5, 0.6) is 0 Å². The van der Waals surface area contributed by atoms with E-state index in [1.165, 1.54) is 11.0 Å². The lowest BCUT2D eigenvalue weighted by atomic mass is 9.79. The van der Waals surface area contributed by atoms with Gasteiger partial charge in [0, 0.05) is 63.1 Å². The third-order valence-electron chi connectivity index (χ3n) is 7.97. The number of allylic oxidation sites excluding steroid dienone is 1. The van der Waals surface area contributed by atoms with Gasteiger partial charge in [-0.2, -0.15) is 5.26 Å². The van der Waals surface area contributed by atoms with Crippen LogP contribution in [0.15, 0.2) is 53.7 Å². The molecule has 0 aliphatic carbocycles. The van der Waals surface area contributed by atoms with Crippen LogP contribution in [0.25, 0.3) is 4.85 Å². The molecule has 0 radical (unpaired) electrons. The minimum absolute atomic E-state index is 0.00677. The van der Waals surface area contributed by atoms with Gasteiger partial charge in [-0.1, -0.05) is 18.2 Å². The van der Waals surface area contributed by atoms with Crippen molar-refractivity contribution in [2.45, 2.75) is 44.1 Å². The van der Waals surface area contributed by atoms with Crippen molar-refractivity contribution in [3.8, 4) is 6.07 Å². The summed E-state index contributed by atoms with van der Waals surface area (Å²) in [5.41, 5.74) is 1.90. The van der Waals surface area contributed by atoms with E-state index < -0.39 is 23.1 Å². The van der Waals surface area contributed by atoms with Gasteiger partial charge in [-0.25, -0.2) is 15.4 Å². The number of rotatable bonds is 7. The molecule has 0 aromatic heterocycles. The largest absolute Gasteiger partial charge is 0.352 e. The number of nitriles is 1. The lowest BCUT2D eigenvalue weighted by Crippen LogP contribution is -2.42. The molecule has 7 nitrogen and oxygen atoms in total. The lowest BCUT2D eigenvalue weighted by molar-refractivity contribution is -0.129. The summed E-state index contributed by atoms with van der Waals surface area (Å²) in [5, 5.41) is 12.4. The Bertz CT molecular complexity index is 1380. The fourth-order valence-electron chi connectivity index (χ4n) is 5.54. The summed E-state index contributed by atoms with van der Waals surface area (Å²) in [4.78, 5) is 33.4. The Morgan fingerprint density at radius 1 is 1.21 bits per heavy atom. The second-order valence-corrected chi connectivity index (χ2v) is 10.1. The SMILES string of the molecule is [C-]#[N+]C1(c2ccccc2C#N)CCN(CCCNC(=O)C2=C(C)N(C)C(=O)C[C@@H]2c2ccc(F)c(F)c2)CC1. The van der Waals surface area contributed by atoms with Crippen LogP contribution in [-0.4, -0.2) is 54.8 Å². The first-order chi connectivity index (χ1) is 18.7. The Morgan fingerprint density at radius 2 is 1.92 bits per heavy atom. The fourth-order valence-corrected chi connectivity index (χ4v) is 5.54. The Morgan fingerprint density at radius 3 is 2.59 bits per heavy atom. The summed E-state index contributed by atoms with van der Waals surface area (Å²) in [5.74, 6) is -3.19. The average molecular weight is 532 g/mol. The number of hydrogen-bond acceptors (Lipinski definition) is 4. The molecule has 1 atom stereocenters. The number of nitrogens with zero attached hydrogens (tertiary/aromatic N) is 4. The molecule has 39 heavy (non-hydrogen) atoms. The van der Waals surface area contributed by atoms with Gasteiger partial charge in [0.2, 0.25) is 11.8 Å². The van der Waals surface area contributed by atoms with Gasteiger partial charge in [-0.15, -0.1) is 0 Å². The molecule has 0 unspecified atom stereocenters. The van der Waals surface area contributed by atoms with E-state index in [0.717, 1.165) is 24.2 Å². The van der Waals surface area contributed by atoms with Crippen LogP contribution in [0.4, 0.5) is 8.78 Å². The topological polar surface area (TPSA) is 80.8 Å². The zero-order valence-electron chi connectivity index (χ0n) is 22.1. The van der Waals surface area contributed by atoms with Crippen molar-refractivity contribution in [3.63, 3.8) is 0 Å². The van der Waals surface area contributed by atoms with Crippen LogP contribution in [-0.2, 0) is 15.1 Å². The number of halogens is 2. The summed E-state index contributed by atoms with van der Waals surface area (Å²) in [6.07, 6.45) is 1.93. The molecule has 2 heterocycles. The molecule has 1 N–H and O–H groups in total. The average Bonchev–Trinajstić information content (AvgIpc) is 2.95. The van der Waals surface area contributed by atoms with E-state index in [9.17, 15) is 23.6 Å². The number of amides is 2. The maximum atomic E-state index is 13.9. The van der Waals surface area contributed by atoms with Crippen molar-refractivity contribution < 1.29 is 18.4 Å². The Kier molecular flexibility index (Phi) is 8.42. The predicted octanol–water partition coefficient (Wildman–Crippen LogP) is 4.47. The molecule has 2 aromatic carbocycles. The van der Waals surface area contributed by atoms with Gasteiger partial charge in [-0.05, 0) is 49.7 Å². The highest BCUT2D eigenvalue weighted by Crippen LogP contribution is 2.39. The van der Waals surface area contributed by atoms with Gasteiger partial charge in [0.1, 0.15) is 0 Å². The number of benzene rings is 2. The number of hydrogen-bond donors (Lipinski definition) is 1. The van der Waals surface area contributed by atoms with Crippen molar-refractivity contribution in [2.24, 2.45) is 0 Å². The number of carbonyl (C=O) groups excluding carboxylic acids is 2. The number of piperidine rings is 1. The molecule has 1 saturated heterocycles. The molecule has 2 aliphatic rings. The van der Waals surface area contributed by atoms with Gasteiger partial charge in [0.05, 0.1) is 17.2 Å². The quantitative estimate of drug-likeness (QED) is 0.422. The van der Waals surface area contributed by atoms with E-state index in [-0.39, 0.29) is 18.2 Å². The third kappa shape index (κ3) is 5.69. The first kappa shape index (κ1) is 27.9. The van der Waals surface area contributed by atoms with Gasteiger partial charge >= 0.3 is 0 Å². The predicted molar refractivity (Wildman–Crippen MR) is 142 cm³/mol. The molecule has 4 rings (SSSR count). The zero-order chi connectivity index (χ0) is 28.2. The molecule has 202 valence electrons. The first-order valence-electron chi connectivity index (χ1n) is 13.0. The second kappa shape index (κ2) is 11.8. The van der Waals surface area contributed by atoms with E-state index >= 15 is 0 Å². The summed E-state index contributed by atoms with van der Waals surface area (Å²) < 4.78 is 27.4. The molecule has 0 bridgehead atoms. The van der Waals surface area contributed by atoms with Crippen LogP contribution < -0.4 is 5.32 Å². The molecule has 1 fully saturated rings. The first-order valence-corrected chi connectivity index (χ1v) is 13.0. The van der Waals surface area contributed by atoms with Gasteiger partial charge in [0.15, 0.2) is 11.6 Å². The van der Waals surface area contributed by atoms with E-state index in [1.54, 1.807) is 20.0 Å². The standard InChI is InChI=1S/C30H31F2N5O2/c1-20-28(23(18-27(38)36(20)3)21-9-10-25(31)26(32)17-21)29(39)35-13-6-14-37-15-11-30(34-2,12-16-37)24-8-5-4-7-22(24)19-33/h4-5,7-10,17,23H,6,11-16,18H2,1,3H3,(H,35,39)/t23-/m1/s1. The molecule has 9 heteroatoms. The number of nitrogens with one attached hydrogen (secondary N) is 1. The monoisotopic (exact) mass is 531 g/mol. The normalized spacial score (nSPS) is 19.4. The molecule has 2 aromatic rings. The van der Waals surface area contributed by atoms with Crippen molar-refractivity contribution in [1.29, 1.82) is 5.26 Å². The van der Waals surface area contributed by atoms with Gasteiger partial charge in [-0.3, -0.25) is 9.59 Å². The van der Waals surface area contributed by atoms with E-state index in [2.05, 4.69) is 21.1 Å². The van der Waals surface area contributed by atoms with Crippen molar-refractivity contribution in [3.05, 3.63) is 93.5 Å². The van der Waals surface area contributed by atoms with E-state index in [4.69, 9.17) is 6.57 Å². The second-order valence-electron chi connectivity index (χ2n) is 10.1. The van der Waals surface area contributed by atoms with Gasteiger partial charge < -0.3 is 20.0 Å². The maximum absolute atomic E-state index is 13.9. The molecule has 0 saturated carbocycles. The Hall–Kier alpha value is -4.08. The van der Waals surface area contributed by atoms with Crippen molar-refractivity contribution in [2.75, 3.05) is 33.2 Å². The highest BCUT2D eigenvalue weighted by molar-refractivity contribution is 5.99. The highest BCUT2D eigenvalue weighted by Gasteiger charge is 2.43. The van der Waals surface area contributed by atoms with Crippen LogP contribution in [0, 0.1) is 29.5 Å². The molecular formula is C30H31F2N5O2. The summed E-state index contributed by atoms with van der Waals surface area (Å²) in [6, 6.07) is 13.0. The number of likely N-dealkylation sites (tertiary alicyclic amines) is 1. The van der Waals surface area contributed by atoms with Crippen molar-refractivity contribution in [1.82, 2.24) is 15.1 Å². The minimum atomic E-state index is -1.02. The molecule has 2 aliphatic heterocycles. The Labute approximate surface area is 227 Å². The van der Waals surface area contributed by atoms with Crippen molar-refractivity contribution >= 4 is 11.8 Å². The smallest absolute Gasteiger partial charge is 0.261 e. The lowest BCUT2D eigenvalue weighted by Gasteiger charge is -2.34. The summed E-state index contributed by atoms with van der Waals surface area (Å²) in [6.45, 7) is 12.1. The highest BCUT2D eigenvalue weighted by atomic mass is 19.2. The zero-order valence-corrected chi connectivity index (χ0v) is 22.1. The summed E-state index contributed by atoms with van der Waals surface area (Å²) >= 11 is 0. The fraction of sp³-hybridized carbons (Fsp3) is 0.400.